The highest BCUT2D eigenvalue weighted by atomic mass is 16.2. The molecule has 21 heavy (non-hydrogen) atoms. The highest BCUT2D eigenvalue weighted by molar-refractivity contribution is 5.83. The first-order valence-electron chi connectivity index (χ1n) is 8.38. The molecule has 0 atom stereocenters. The van der Waals surface area contributed by atoms with E-state index >= 15 is 0 Å². The zero-order valence-electron chi connectivity index (χ0n) is 13.1. The molecule has 118 valence electrons. The molecule has 3 rings (SSSR count). The van der Waals surface area contributed by atoms with Gasteiger partial charge in [-0.05, 0) is 25.7 Å². The molecule has 1 aliphatic heterocycles. The Morgan fingerprint density at radius 2 is 1.71 bits per heavy atom. The monoisotopic (exact) mass is 293 g/mol. The minimum atomic E-state index is -0.120. The van der Waals surface area contributed by atoms with E-state index in [9.17, 15) is 9.59 Å². The van der Waals surface area contributed by atoms with Gasteiger partial charge in [-0.15, -0.1) is 0 Å². The van der Waals surface area contributed by atoms with Crippen molar-refractivity contribution in [3.05, 3.63) is 0 Å². The van der Waals surface area contributed by atoms with Gasteiger partial charge in [0.1, 0.15) is 0 Å². The van der Waals surface area contributed by atoms with Gasteiger partial charge in [0.25, 0.3) is 0 Å². The summed E-state index contributed by atoms with van der Waals surface area (Å²) in [6, 6.07) is 0.433. The van der Waals surface area contributed by atoms with Gasteiger partial charge in [0, 0.05) is 37.6 Å². The molecule has 1 saturated heterocycles. The summed E-state index contributed by atoms with van der Waals surface area (Å²) in [4.78, 5) is 28.6. The Hall–Kier alpha value is -1.10. The van der Waals surface area contributed by atoms with Crippen LogP contribution in [0.5, 0.6) is 0 Å². The Labute approximate surface area is 127 Å². The molecule has 0 bridgehead atoms. The van der Waals surface area contributed by atoms with E-state index < -0.39 is 0 Å². The number of amides is 2. The van der Waals surface area contributed by atoms with Crippen molar-refractivity contribution in [2.24, 2.45) is 5.41 Å². The third-order valence-corrected chi connectivity index (χ3v) is 5.19. The van der Waals surface area contributed by atoms with E-state index in [0.717, 1.165) is 51.9 Å². The van der Waals surface area contributed by atoms with Crippen molar-refractivity contribution < 1.29 is 9.59 Å². The van der Waals surface area contributed by atoms with Crippen molar-refractivity contribution in [3.8, 4) is 0 Å². The first kappa shape index (κ1) is 14.8. The second kappa shape index (κ2) is 5.95. The zero-order chi connectivity index (χ0) is 14.9. The van der Waals surface area contributed by atoms with Crippen LogP contribution in [0.3, 0.4) is 0 Å². The minimum Gasteiger partial charge on any atom is -0.352 e. The second-order valence-electron chi connectivity index (χ2n) is 7.18. The Kier molecular flexibility index (Phi) is 4.20. The van der Waals surface area contributed by atoms with Crippen LogP contribution in [0.2, 0.25) is 0 Å². The highest BCUT2D eigenvalue weighted by Gasteiger charge is 2.39. The standard InChI is InChI=1S/C16H27N3O2/c1-16(6-2-3-7-16)15(21)19-10-8-18(9-11-19)12-14(20)17-13-4-5-13/h13H,2-12H2,1H3,(H,17,20). The van der Waals surface area contributed by atoms with Gasteiger partial charge in [0.2, 0.25) is 11.8 Å². The van der Waals surface area contributed by atoms with Gasteiger partial charge in [-0.25, -0.2) is 0 Å². The fraction of sp³-hybridized carbons (Fsp3) is 0.875. The first-order chi connectivity index (χ1) is 10.1. The van der Waals surface area contributed by atoms with Crippen LogP contribution < -0.4 is 5.32 Å². The Morgan fingerprint density at radius 3 is 2.29 bits per heavy atom. The van der Waals surface area contributed by atoms with Crippen LogP contribution >= 0.6 is 0 Å². The number of carbonyl (C=O) groups is 2. The van der Waals surface area contributed by atoms with E-state index in [1.165, 1.54) is 12.8 Å². The lowest BCUT2D eigenvalue weighted by Gasteiger charge is -2.38. The smallest absolute Gasteiger partial charge is 0.234 e. The number of rotatable bonds is 4. The summed E-state index contributed by atoms with van der Waals surface area (Å²) in [6.07, 6.45) is 6.71. The van der Waals surface area contributed by atoms with Gasteiger partial charge in [-0.1, -0.05) is 19.8 Å². The molecule has 0 aromatic carbocycles. The van der Waals surface area contributed by atoms with E-state index in [1.54, 1.807) is 0 Å². The van der Waals surface area contributed by atoms with Crippen molar-refractivity contribution in [3.63, 3.8) is 0 Å². The molecule has 0 unspecified atom stereocenters. The fourth-order valence-corrected chi connectivity index (χ4v) is 3.56. The lowest BCUT2D eigenvalue weighted by Crippen LogP contribution is -2.53. The topological polar surface area (TPSA) is 52.7 Å². The van der Waals surface area contributed by atoms with Crippen LogP contribution in [0, 0.1) is 5.41 Å². The summed E-state index contributed by atoms with van der Waals surface area (Å²) in [6.45, 7) is 5.78. The molecule has 5 heteroatoms. The van der Waals surface area contributed by atoms with Crippen LogP contribution in [0.15, 0.2) is 0 Å². The van der Waals surface area contributed by atoms with Crippen molar-refractivity contribution in [2.75, 3.05) is 32.7 Å². The predicted molar refractivity (Wildman–Crippen MR) is 80.8 cm³/mol. The van der Waals surface area contributed by atoms with Crippen molar-refractivity contribution in [2.45, 2.75) is 51.5 Å². The van der Waals surface area contributed by atoms with Crippen LogP contribution in [0.25, 0.3) is 0 Å². The average Bonchev–Trinajstić information content (AvgIpc) is 3.17. The minimum absolute atomic E-state index is 0.120. The fourth-order valence-electron chi connectivity index (χ4n) is 3.56. The van der Waals surface area contributed by atoms with E-state index in [2.05, 4.69) is 17.1 Å². The van der Waals surface area contributed by atoms with Crippen LogP contribution in [-0.2, 0) is 9.59 Å². The number of hydrogen-bond acceptors (Lipinski definition) is 3. The molecule has 5 nitrogen and oxygen atoms in total. The van der Waals surface area contributed by atoms with Crippen LogP contribution in [0.1, 0.15) is 45.4 Å². The second-order valence-corrected chi connectivity index (χ2v) is 7.18. The molecule has 3 fully saturated rings. The molecule has 2 saturated carbocycles. The lowest BCUT2D eigenvalue weighted by atomic mass is 9.87. The molecular formula is C16H27N3O2. The lowest BCUT2D eigenvalue weighted by molar-refractivity contribution is -0.142. The van der Waals surface area contributed by atoms with E-state index in [-0.39, 0.29) is 11.3 Å². The number of hydrogen-bond donors (Lipinski definition) is 1. The third-order valence-electron chi connectivity index (χ3n) is 5.19. The van der Waals surface area contributed by atoms with Gasteiger partial charge in [0.05, 0.1) is 6.54 Å². The maximum atomic E-state index is 12.6. The van der Waals surface area contributed by atoms with Gasteiger partial charge in [-0.3, -0.25) is 14.5 Å². The van der Waals surface area contributed by atoms with Crippen molar-refractivity contribution >= 4 is 11.8 Å². The molecule has 1 N–H and O–H groups in total. The van der Waals surface area contributed by atoms with Gasteiger partial charge in [-0.2, -0.15) is 0 Å². The largest absolute Gasteiger partial charge is 0.352 e. The summed E-state index contributed by atoms with van der Waals surface area (Å²) in [7, 11) is 0. The maximum Gasteiger partial charge on any atom is 0.234 e. The molecule has 1 heterocycles. The summed E-state index contributed by atoms with van der Waals surface area (Å²) >= 11 is 0. The summed E-state index contributed by atoms with van der Waals surface area (Å²) in [5.41, 5.74) is -0.120. The molecule has 0 radical (unpaired) electrons. The third kappa shape index (κ3) is 3.57. The quantitative estimate of drug-likeness (QED) is 0.841. The summed E-state index contributed by atoms with van der Waals surface area (Å²) in [5.74, 6) is 0.474. The van der Waals surface area contributed by atoms with Gasteiger partial charge < -0.3 is 10.2 Å². The van der Waals surface area contributed by atoms with Crippen LogP contribution in [0.4, 0.5) is 0 Å². The Morgan fingerprint density at radius 1 is 1.10 bits per heavy atom. The maximum absolute atomic E-state index is 12.6. The van der Waals surface area contributed by atoms with E-state index in [4.69, 9.17) is 0 Å². The van der Waals surface area contributed by atoms with Gasteiger partial charge in [0.15, 0.2) is 0 Å². The van der Waals surface area contributed by atoms with Crippen LogP contribution in [-0.4, -0.2) is 60.4 Å². The summed E-state index contributed by atoms with van der Waals surface area (Å²) < 4.78 is 0. The highest BCUT2D eigenvalue weighted by Crippen LogP contribution is 2.39. The van der Waals surface area contributed by atoms with Crippen molar-refractivity contribution in [1.82, 2.24) is 15.1 Å². The molecule has 2 aliphatic carbocycles. The van der Waals surface area contributed by atoms with Crippen molar-refractivity contribution in [1.29, 1.82) is 0 Å². The summed E-state index contributed by atoms with van der Waals surface area (Å²) in [5, 5.41) is 3.02. The molecule has 3 aliphatic rings. The first-order valence-corrected chi connectivity index (χ1v) is 8.38. The number of nitrogens with one attached hydrogen (secondary N) is 1. The number of nitrogens with zero attached hydrogens (tertiary/aromatic N) is 2. The number of carbonyl (C=O) groups excluding carboxylic acids is 2. The SMILES string of the molecule is CC1(C(=O)N2CCN(CC(=O)NC3CC3)CC2)CCCC1. The normalized spacial score (nSPS) is 25.9. The predicted octanol–water partition coefficient (Wildman–Crippen LogP) is 0.989. The Bertz CT molecular complexity index is 406. The average molecular weight is 293 g/mol. The molecule has 0 spiro atoms. The van der Waals surface area contributed by atoms with Gasteiger partial charge >= 0.3 is 0 Å². The Balaban J connectivity index is 1.43. The molecule has 0 aromatic heterocycles. The number of piperazine rings is 1. The molecular weight excluding hydrogens is 266 g/mol. The van der Waals surface area contributed by atoms with E-state index in [0.29, 0.717) is 18.5 Å². The van der Waals surface area contributed by atoms with E-state index in [1.807, 2.05) is 4.90 Å². The molecule has 0 aromatic rings. The zero-order valence-corrected chi connectivity index (χ0v) is 13.1. The molecule has 2 amide bonds.